The Kier molecular flexibility index (Phi) is 6.54. The second-order valence-electron chi connectivity index (χ2n) is 7.99. The summed E-state index contributed by atoms with van der Waals surface area (Å²) in [5.41, 5.74) is 3.28. The Hall–Kier alpha value is -4.26. The van der Waals surface area contributed by atoms with Gasteiger partial charge in [-0.25, -0.2) is 4.79 Å². The van der Waals surface area contributed by atoms with Crippen molar-refractivity contribution in [2.45, 2.75) is 26.4 Å². The van der Waals surface area contributed by atoms with Crippen LogP contribution in [0, 0.1) is 6.92 Å². The number of carbonyl (C=O) groups excluding carboxylic acids is 3. The van der Waals surface area contributed by atoms with E-state index in [1.807, 2.05) is 19.1 Å². The molecule has 1 fully saturated rings. The molecular formula is C27H24N2O5. The largest absolute Gasteiger partial charge is 0.507 e. The van der Waals surface area contributed by atoms with Gasteiger partial charge >= 0.3 is 5.97 Å². The molecule has 1 aliphatic rings. The number of esters is 1. The van der Waals surface area contributed by atoms with Crippen LogP contribution in [0.1, 0.15) is 45.6 Å². The number of aryl methyl sites for hydroxylation is 1. The molecule has 1 amide bonds. The van der Waals surface area contributed by atoms with Crippen molar-refractivity contribution in [1.82, 2.24) is 9.88 Å². The summed E-state index contributed by atoms with van der Waals surface area (Å²) in [7, 11) is 0. The third-order valence-corrected chi connectivity index (χ3v) is 5.70. The molecule has 4 rings (SSSR count). The van der Waals surface area contributed by atoms with Gasteiger partial charge < -0.3 is 14.7 Å². The van der Waals surface area contributed by atoms with Crippen LogP contribution in [-0.2, 0) is 20.9 Å². The van der Waals surface area contributed by atoms with Gasteiger partial charge in [-0.05, 0) is 49.2 Å². The molecule has 1 N–H and O–H groups in total. The van der Waals surface area contributed by atoms with Crippen LogP contribution in [0.25, 0.3) is 5.76 Å². The number of aliphatic hydroxyl groups is 1. The first-order valence-corrected chi connectivity index (χ1v) is 10.9. The maximum Gasteiger partial charge on any atom is 0.338 e. The van der Waals surface area contributed by atoms with E-state index in [-0.39, 0.29) is 24.5 Å². The summed E-state index contributed by atoms with van der Waals surface area (Å²) >= 11 is 0. The van der Waals surface area contributed by atoms with Gasteiger partial charge in [0.2, 0.25) is 0 Å². The van der Waals surface area contributed by atoms with Gasteiger partial charge in [-0.2, -0.15) is 0 Å². The SMILES string of the molecule is CCOC(=O)c1ccc(CN2C(=O)C(=O)/C(=C(/O)c3ccc(C)cc3)C2c2ccncc2)cc1. The number of Topliss-reactive ketones (excluding diaryl/α,β-unsaturated/α-hetero) is 1. The topological polar surface area (TPSA) is 96.8 Å². The number of nitrogens with zero attached hydrogens (tertiary/aromatic N) is 2. The van der Waals surface area contributed by atoms with Gasteiger partial charge in [0, 0.05) is 24.5 Å². The number of amides is 1. The van der Waals surface area contributed by atoms with Crippen molar-refractivity contribution in [2.75, 3.05) is 6.61 Å². The standard InChI is InChI=1S/C27H24N2O5/c1-3-34-27(33)21-10-6-18(7-11-21)16-29-23(19-12-14-28-15-13-19)22(25(31)26(29)32)24(30)20-8-4-17(2)5-9-20/h4-15,23,30H,3,16H2,1-2H3/b24-22+. The van der Waals surface area contributed by atoms with Crippen LogP contribution < -0.4 is 0 Å². The average Bonchev–Trinajstić information content (AvgIpc) is 3.10. The molecule has 0 saturated carbocycles. The molecule has 2 aromatic carbocycles. The fraction of sp³-hybridized carbons (Fsp3) is 0.185. The molecule has 2 heterocycles. The van der Waals surface area contributed by atoms with Crippen molar-refractivity contribution in [1.29, 1.82) is 0 Å². The minimum atomic E-state index is -0.783. The first kappa shape index (κ1) is 22.9. The van der Waals surface area contributed by atoms with E-state index in [4.69, 9.17) is 4.74 Å². The molecule has 7 heteroatoms. The Labute approximate surface area is 197 Å². The first-order valence-electron chi connectivity index (χ1n) is 10.9. The summed E-state index contributed by atoms with van der Waals surface area (Å²) in [6.45, 7) is 4.05. The lowest BCUT2D eigenvalue weighted by Gasteiger charge is -2.25. The third-order valence-electron chi connectivity index (χ3n) is 5.70. The highest BCUT2D eigenvalue weighted by Crippen LogP contribution is 2.40. The molecule has 1 aromatic heterocycles. The van der Waals surface area contributed by atoms with Crippen LogP contribution in [0.3, 0.4) is 0 Å². The van der Waals surface area contributed by atoms with Crippen molar-refractivity contribution >= 4 is 23.4 Å². The van der Waals surface area contributed by atoms with Gasteiger partial charge in [-0.3, -0.25) is 14.6 Å². The Balaban J connectivity index is 1.74. The van der Waals surface area contributed by atoms with E-state index in [1.165, 1.54) is 4.90 Å². The molecule has 0 radical (unpaired) electrons. The lowest BCUT2D eigenvalue weighted by molar-refractivity contribution is -0.140. The van der Waals surface area contributed by atoms with Crippen LogP contribution in [0.2, 0.25) is 0 Å². The lowest BCUT2D eigenvalue weighted by atomic mass is 9.95. The number of hydrogen-bond acceptors (Lipinski definition) is 6. The zero-order valence-electron chi connectivity index (χ0n) is 18.9. The van der Waals surface area contributed by atoms with Crippen molar-refractivity contribution in [2.24, 2.45) is 0 Å². The van der Waals surface area contributed by atoms with Crippen LogP contribution in [-0.4, -0.2) is 39.3 Å². The molecule has 0 aliphatic carbocycles. The number of ether oxygens (including phenoxy) is 1. The second kappa shape index (κ2) is 9.70. The number of likely N-dealkylation sites (tertiary alicyclic amines) is 1. The van der Waals surface area contributed by atoms with Gasteiger partial charge in [-0.1, -0.05) is 42.0 Å². The van der Waals surface area contributed by atoms with Crippen molar-refractivity contribution < 1.29 is 24.2 Å². The summed E-state index contributed by atoms with van der Waals surface area (Å²) in [5, 5.41) is 11.1. The Morgan fingerprint density at radius 3 is 2.21 bits per heavy atom. The number of aliphatic hydroxyl groups excluding tert-OH is 1. The summed E-state index contributed by atoms with van der Waals surface area (Å²) in [4.78, 5) is 43.6. The zero-order chi connectivity index (χ0) is 24.2. The predicted molar refractivity (Wildman–Crippen MR) is 126 cm³/mol. The summed E-state index contributed by atoms with van der Waals surface area (Å²) < 4.78 is 5.01. The van der Waals surface area contributed by atoms with E-state index in [0.717, 1.165) is 11.1 Å². The average molecular weight is 456 g/mol. The molecule has 7 nitrogen and oxygen atoms in total. The van der Waals surface area contributed by atoms with Gasteiger partial charge in [0.05, 0.1) is 23.8 Å². The fourth-order valence-corrected chi connectivity index (χ4v) is 3.96. The summed E-state index contributed by atoms with van der Waals surface area (Å²) in [6, 6.07) is 16.4. The molecule has 0 bridgehead atoms. The maximum atomic E-state index is 13.1. The highest BCUT2D eigenvalue weighted by Gasteiger charge is 2.46. The number of aromatic nitrogens is 1. The van der Waals surface area contributed by atoms with E-state index in [1.54, 1.807) is 67.8 Å². The number of hydrogen-bond donors (Lipinski definition) is 1. The molecule has 0 spiro atoms. The summed E-state index contributed by atoms with van der Waals surface area (Å²) in [6.07, 6.45) is 3.16. The Morgan fingerprint density at radius 2 is 1.59 bits per heavy atom. The zero-order valence-corrected chi connectivity index (χ0v) is 18.9. The molecule has 1 aliphatic heterocycles. The highest BCUT2D eigenvalue weighted by atomic mass is 16.5. The Bertz CT molecular complexity index is 1250. The monoisotopic (exact) mass is 456 g/mol. The van der Waals surface area contributed by atoms with Crippen LogP contribution in [0.5, 0.6) is 0 Å². The number of benzene rings is 2. The summed E-state index contributed by atoms with van der Waals surface area (Å²) in [5.74, 6) is -2.10. The minimum absolute atomic E-state index is 0.0307. The van der Waals surface area contributed by atoms with Crippen LogP contribution in [0.15, 0.2) is 78.6 Å². The van der Waals surface area contributed by atoms with E-state index in [9.17, 15) is 19.5 Å². The van der Waals surface area contributed by atoms with Crippen LogP contribution in [0.4, 0.5) is 0 Å². The van der Waals surface area contributed by atoms with Crippen LogP contribution >= 0.6 is 0 Å². The number of carbonyl (C=O) groups is 3. The van der Waals surface area contributed by atoms with Gasteiger partial charge in [0.25, 0.3) is 11.7 Å². The normalized spacial score (nSPS) is 17.1. The fourth-order valence-electron chi connectivity index (χ4n) is 3.96. The number of pyridine rings is 1. The first-order chi connectivity index (χ1) is 16.4. The molecule has 3 aromatic rings. The molecule has 172 valence electrons. The van der Waals surface area contributed by atoms with Gasteiger partial charge in [0.1, 0.15) is 5.76 Å². The number of ketones is 1. The quantitative estimate of drug-likeness (QED) is 0.259. The molecule has 34 heavy (non-hydrogen) atoms. The third kappa shape index (κ3) is 4.45. The van der Waals surface area contributed by atoms with Gasteiger partial charge in [-0.15, -0.1) is 0 Å². The van der Waals surface area contributed by atoms with Gasteiger partial charge in [0.15, 0.2) is 0 Å². The minimum Gasteiger partial charge on any atom is -0.507 e. The number of rotatable bonds is 6. The highest BCUT2D eigenvalue weighted by molar-refractivity contribution is 6.46. The van der Waals surface area contributed by atoms with Crippen molar-refractivity contribution in [3.63, 3.8) is 0 Å². The molecule has 1 saturated heterocycles. The van der Waals surface area contributed by atoms with E-state index in [2.05, 4.69) is 4.98 Å². The van der Waals surface area contributed by atoms with E-state index in [0.29, 0.717) is 16.7 Å². The smallest absolute Gasteiger partial charge is 0.338 e. The van der Waals surface area contributed by atoms with E-state index >= 15 is 0 Å². The molecule has 1 unspecified atom stereocenters. The van der Waals surface area contributed by atoms with E-state index < -0.39 is 23.7 Å². The van der Waals surface area contributed by atoms with Crippen molar-refractivity contribution in [3.05, 3.63) is 106 Å². The maximum absolute atomic E-state index is 13.1. The molecular weight excluding hydrogens is 432 g/mol. The molecule has 1 atom stereocenters. The van der Waals surface area contributed by atoms with Crippen molar-refractivity contribution in [3.8, 4) is 0 Å². The lowest BCUT2D eigenvalue weighted by Crippen LogP contribution is -2.29. The second-order valence-corrected chi connectivity index (χ2v) is 7.99. The predicted octanol–water partition coefficient (Wildman–Crippen LogP) is 4.19. The Morgan fingerprint density at radius 1 is 0.971 bits per heavy atom.